The van der Waals surface area contributed by atoms with Crippen molar-refractivity contribution in [2.45, 2.75) is 32.4 Å². The number of anilines is 1. The molecular formula is C23H24ClN3O3. The van der Waals surface area contributed by atoms with Crippen molar-refractivity contribution in [1.29, 1.82) is 0 Å². The van der Waals surface area contributed by atoms with Gasteiger partial charge in [0.25, 0.3) is 5.56 Å². The lowest BCUT2D eigenvalue weighted by atomic mass is 10.1. The first-order chi connectivity index (χ1) is 14.5. The maximum absolute atomic E-state index is 13.1. The van der Waals surface area contributed by atoms with Crippen LogP contribution in [0.25, 0.3) is 10.9 Å². The molecule has 1 aliphatic rings. The Balaban J connectivity index is 1.61. The van der Waals surface area contributed by atoms with Crippen LogP contribution >= 0.6 is 11.6 Å². The summed E-state index contributed by atoms with van der Waals surface area (Å²) in [5, 5.41) is 4.26. The first kappa shape index (κ1) is 20.4. The van der Waals surface area contributed by atoms with Crippen LogP contribution in [0.2, 0.25) is 5.02 Å². The lowest BCUT2D eigenvalue weighted by Crippen LogP contribution is -2.40. The molecule has 1 atom stereocenters. The smallest absolute Gasteiger partial charge is 0.322 e. The van der Waals surface area contributed by atoms with E-state index in [1.165, 1.54) is 0 Å². The minimum absolute atomic E-state index is 0.0382. The number of benzene rings is 2. The predicted octanol–water partition coefficient (Wildman–Crippen LogP) is 4.70. The molecule has 1 saturated heterocycles. The van der Waals surface area contributed by atoms with Crippen LogP contribution in [0.4, 0.5) is 10.5 Å². The average Bonchev–Trinajstić information content (AvgIpc) is 3.23. The van der Waals surface area contributed by atoms with Gasteiger partial charge in [0.2, 0.25) is 0 Å². The molecule has 0 saturated carbocycles. The Kier molecular flexibility index (Phi) is 6.06. The zero-order chi connectivity index (χ0) is 21.1. The molecule has 1 aliphatic heterocycles. The van der Waals surface area contributed by atoms with Crippen LogP contribution in [0.3, 0.4) is 0 Å². The Morgan fingerprint density at radius 3 is 2.87 bits per heavy atom. The molecule has 3 aromatic rings. The van der Waals surface area contributed by atoms with Gasteiger partial charge in [0.15, 0.2) is 0 Å². The van der Waals surface area contributed by atoms with Crippen LogP contribution in [0, 0.1) is 6.92 Å². The van der Waals surface area contributed by atoms with Crippen molar-refractivity contribution in [3.63, 3.8) is 0 Å². The summed E-state index contributed by atoms with van der Waals surface area (Å²) in [5.41, 5.74) is 2.74. The van der Waals surface area contributed by atoms with E-state index >= 15 is 0 Å². The molecule has 0 spiro atoms. The van der Waals surface area contributed by atoms with Crippen molar-refractivity contribution in [3.8, 4) is 0 Å². The number of H-pyrrole nitrogens is 1. The SMILES string of the molecule is Cc1ccc2[nH]c(=O)c(CN(CC3CCCO3)C(=O)Nc3ccccc3Cl)cc2c1. The van der Waals surface area contributed by atoms with Crippen molar-refractivity contribution in [2.24, 2.45) is 0 Å². The molecule has 4 rings (SSSR count). The molecule has 7 heteroatoms. The molecule has 6 nitrogen and oxygen atoms in total. The molecule has 0 bridgehead atoms. The summed E-state index contributed by atoms with van der Waals surface area (Å²) in [4.78, 5) is 30.3. The number of hydrogen-bond acceptors (Lipinski definition) is 3. The third-order valence-electron chi connectivity index (χ3n) is 5.29. The number of aromatic amines is 1. The zero-order valence-corrected chi connectivity index (χ0v) is 17.5. The minimum Gasteiger partial charge on any atom is -0.376 e. The van der Waals surface area contributed by atoms with E-state index in [2.05, 4.69) is 10.3 Å². The first-order valence-electron chi connectivity index (χ1n) is 10.0. The molecule has 1 unspecified atom stereocenters. The van der Waals surface area contributed by atoms with Crippen molar-refractivity contribution in [3.05, 3.63) is 75.0 Å². The summed E-state index contributed by atoms with van der Waals surface area (Å²) in [6.45, 7) is 3.28. The number of carbonyl (C=O) groups is 1. The Labute approximate surface area is 179 Å². The van der Waals surface area contributed by atoms with Gasteiger partial charge in [0.05, 0.1) is 23.4 Å². The molecule has 156 valence electrons. The van der Waals surface area contributed by atoms with Crippen LogP contribution in [0.15, 0.2) is 53.3 Å². The van der Waals surface area contributed by atoms with Gasteiger partial charge in [-0.1, -0.05) is 35.4 Å². The quantitative estimate of drug-likeness (QED) is 0.622. The number of para-hydroxylation sites is 1. The summed E-state index contributed by atoms with van der Waals surface area (Å²) in [5.74, 6) is 0. The summed E-state index contributed by atoms with van der Waals surface area (Å²) in [6.07, 6.45) is 1.83. The number of nitrogens with one attached hydrogen (secondary N) is 2. The number of halogens is 1. The number of urea groups is 1. The Hall–Kier alpha value is -2.83. The normalized spacial score (nSPS) is 16.0. The number of hydrogen-bond donors (Lipinski definition) is 2. The fraction of sp³-hybridized carbons (Fsp3) is 0.304. The third-order valence-corrected chi connectivity index (χ3v) is 5.62. The summed E-state index contributed by atoms with van der Waals surface area (Å²) < 4.78 is 5.73. The van der Waals surface area contributed by atoms with Gasteiger partial charge in [0.1, 0.15) is 0 Å². The molecular weight excluding hydrogens is 402 g/mol. The average molecular weight is 426 g/mol. The number of fused-ring (bicyclic) bond motifs is 1. The van der Waals surface area contributed by atoms with E-state index < -0.39 is 0 Å². The molecule has 1 fully saturated rings. The standard InChI is InChI=1S/C23H24ClN3O3/c1-15-8-9-20-16(11-15)12-17(22(28)25-20)13-27(14-18-5-4-10-30-18)23(29)26-21-7-3-2-6-19(21)24/h2-3,6-9,11-12,18H,4-5,10,13-14H2,1H3,(H,25,28)(H,26,29). The zero-order valence-electron chi connectivity index (χ0n) is 16.8. The topological polar surface area (TPSA) is 74.4 Å². The van der Waals surface area contributed by atoms with Gasteiger partial charge in [-0.3, -0.25) is 4.79 Å². The fourth-order valence-electron chi connectivity index (χ4n) is 3.70. The van der Waals surface area contributed by atoms with E-state index in [-0.39, 0.29) is 24.2 Å². The minimum atomic E-state index is -0.317. The number of ether oxygens (including phenoxy) is 1. The van der Waals surface area contributed by atoms with Crippen LogP contribution < -0.4 is 10.9 Å². The van der Waals surface area contributed by atoms with E-state index in [9.17, 15) is 9.59 Å². The predicted molar refractivity (Wildman–Crippen MR) is 119 cm³/mol. The second kappa shape index (κ2) is 8.90. The number of aryl methyl sites for hydroxylation is 1. The van der Waals surface area contributed by atoms with Crippen molar-refractivity contribution in [1.82, 2.24) is 9.88 Å². The van der Waals surface area contributed by atoms with E-state index in [4.69, 9.17) is 16.3 Å². The largest absolute Gasteiger partial charge is 0.376 e. The fourth-order valence-corrected chi connectivity index (χ4v) is 3.89. The number of rotatable bonds is 5. The highest BCUT2D eigenvalue weighted by molar-refractivity contribution is 6.33. The van der Waals surface area contributed by atoms with E-state index in [0.717, 1.165) is 29.3 Å². The van der Waals surface area contributed by atoms with Gasteiger partial charge in [-0.2, -0.15) is 0 Å². The van der Waals surface area contributed by atoms with Gasteiger partial charge < -0.3 is 19.9 Å². The molecule has 2 heterocycles. The van der Waals surface area contributed by atoms with Gasteiger partial charge >= 0.3 is 6.03 Å². The van der Waals surface area contributed by atoms with Gasteiger partial charge in [0, 0.05) is 24.2 Å². The Morgan fingerprint density at radius 2 is 2.10 bits per heavy atom. The maximum Gasteiger partial charge on any atom is 0.322 e. The molecule has 30 heavy (non-hydrogen) atoms. The maximum atomic E-state index is 13.1. The molecule has 0 aliphatic carbocycles. The van der Waals surface area contributed by atoms with Crippen LogP contribution in [0.5, 0.6) is 0 Å². The van der Waals surface area contributed by atoms with Gasteiger partial charge in [-0.15, -0.1) is 0 Å². The van der Waals surface area contributed by atoms with Crippen LogP contribution in [-0.4, -0.2) is 35.2 Å². The summed E-state index contributed by atoms with van der Waals surface area (Å²) in [7, 11) is 0. The molecule has 2 amide bonds. The number of amides is 2. The lowest BCUT2D eigenvalue weighted by molar-refractivity contribution is 0.0818. The van der Waals surface area contributed by atoms with Crippen molar-refractivity contribution < 1.29 is 9.53 Å². The molecule has 0 radical (unpaired) electrons. The second-order valence-electron chi connectivity index (χ2n) is 7.64. The first-order valence-corrected chi connectivity index (χ1v) is 10.4. The van der Waals surface area contributed by atoms with E-state index in [1.807, 2.05) is 37.3 Å². The lowest BCUT2D eigenvalue weighted by Gasteiger charge is -2.26. The number of pyridine rings is 1. The van der Waals surface area contributed by atoms with Gasteiger partial charge in [-0.05, 0) is 55.5 Å². The molecule has 1 aromatic heterocycles. The summed E-state index contributed by atoms with van der Waals surface area (Å²) in [6, 6.07) is 14.5. The van der Waals surface area contributed by atoms with Crippen LogP contribution in [0.1, 0.15) is 24.0 Å². The van der Waals surface area contributed by atoms with Crippen LogP contribution in [-0.2, 0) is 11.3 Å². The number of nitrogens with zero attached hydrogens (tertiary/aromatic N) is 1. The number of carbonyl (C=O) groups excluding carboxylic acids is 1. The van der Waals surface area contributed by atoms with E-state index in [1.54, 1.807) is 23.1 Å². The number of aromatic nitrogens is 1. The van der Waals surface area contributed by atoms with E-state index in [0.29, 0.717) is 29.4 Å². The Morgan fingerprint density at radius 1 is 1.27 bits per heavy atom. The highest BCUT2D eigenvalue weighted by Gasteiger charge is 2.24. The highest BCUT2D eigenvalue weighted by atomic mass is 35.5. The molecule has 2 aromatic carbocycles. The van der Waals surface area contributed by atoms with Gasteiger partial charge in [-0.25, -0.2) is 4.79 Å². The molecule has 2 N–H and O–H groups in total. The Bertz CT molecular complexity index is 1120. The summed E-state index contributed by atoms with van der Waals surface area (Å²) >= 11 is 6.20. The monoisotopic (exact) mass is 425 g/mol. The second-order valence-corrected chi connectivity index (χ2v) is 8.05. The third kappa shape index (κ3) is 4.66. The highest BCUT2D eigenvalue weighted by Crippen LogP contribution is 2.22. The van der Waals surface area contributed by atoms with Crippen molar-refractivity contribution in [2.75, 3.05) is 18.5 Å². The van der Waals surface area contributed by atoms with Crippen molar-refractivity contribution >= 4 is 34.2 Å².